The van der Waals surface area contributed by atoms with Gasteiger partial charge in [-0.3, -0.25) is 0 Å². The summed E-state index contributed by atoms with van der Waals surface area (Å²) in [4.78, 5) is 11.4. The van der Waals surface area contributed by atoms with Crippen molar-refractivity contribution in [3.63, 3.8) is 0 Å². The van der Waals surface area contributed by atoms with E-state index in [2.05, 4.69) is 15.8 Å². The van der Waals surface area contributed by atoms with Crippen LogP contribution in [-0.2, 0) is 0 Å². The molecule has 0 fully saturated rings. The van der Waals surface area contributed by atoms with Crippen LogP contribution in [0.1, 0.15) is 26.3 Å². The molecule has 5 heteroatoms. The summed E-state index contributed by atoms with van der Waals surface area (Å²) in [5, 5.41) is 6.60. The Hall–Kier alpha value is -2.04. The summed E-state index contributed by atoms with van der Waals surface area (Å²) in [5.41, 5.74) is 2.97. The van der Waals surface area contributed by atoms with Crippen LogP contribution >= 0.6 is 0 Å². The molecule has 0 aliphatic heterocycles. The molecule has 0 spiro atoms. The van der Waals surface area contributed by atoms with Crippen LogP contribution in [0.25, 0.3) is 0 Å². The van der Waals surface area contributed by atoms with E-state index in [1.54, 1.807) is 13.3 Å². The highest BCUT2D eigenvalue weighted by Crippen LogP contribution is 2.10. The van der Waals surface area contributed by atoms with Crippen LogP contribution in [0, 0.1) is 0 Å². The van der Waals surface area contributed by atoms with Gasteiger partial charge in [-0.15, -0.1) is 0 Å². The van der Waals surface area contributed by atoms with E-state index in [1.165, 1.54) is 0 Å². The summed E-state index contributed by atoms with van der Waals surface area (Å²) >= 11 is 0. The minimum atomic E-state index is -0.332. The summed E-state index contributed by atoms with van der Waals surface area (Å²) in [6.45, 7) is 5.70. The number of benzene rings is 1. The van der Waals surface area contributed by atoms with Gasteiger partial charge in [-0.25, -0.2) is 10.2 Å². The number of amides is 2. The second-order valence-electron chi connectivity index (χ2n) is 4.85. The molecule has 0 aliphatic carbocycles. The largest absolute Gasteiger partial charge is 0.497 e. The lowest BCUT2D eigenvalue weighted by atomic mass is 10.1. The lowest BCUT2D eigenvalue weighted by Crippen LogP contribution is -2.44. The van der Waals surface area contributed by atoms with Gasteiger partial charge in [-0.2, -0.15) is 5.10 Å². The molecular weight excluding hydrogens is 230 g/mol. The van der Waals surface area contributed by atoms with E-state index in [-0.39, 0.29) is 11.6 Å². The van der Waals surface area contributed by atoms with Gasteiger partial charge >= 0.3 is 6.03 Å². The van der Waals surface area contributed by atoms with Gasteiger partial charge in [0.1, 0.15) is 5.75 Å². The first-order valence-electron chi connectivity index (χ1n) is 5.66. The molecule has 0 aliphatic rings. The average molecular weight is 249 g/mol. The van der Waals surface area contributed by atoms with Crippen LogP contribution < -0.4 is 15.5 Å². The number of hydrogen-bond donors (Lipinski definition) is 2. The zero-order valence-electron chi connectivity index (χ0n) is 11.2. The number of carbonyl (C=O) groups excluding carboxylic acids is 1. The van der Waals surface area contributed by atoms with Gasteiger partial charge in [0.25, 0.3) is 0 Å². The van der Waals surface area contributed by atoms with Crippen molar-refractivity contribution >= 4 is 12.2 Å². The number of nitrogens with zero attached hydrogens (tertiary/aromatic N) is 1. The van der Waals surface area contributed by atoms with Gasteiger partial charge in [0.05, 0.1) is 13.3 Å². The van der Waals surface area contributed by atoms with Gasteiger partial charge < -0.3 is 10.1 Å². The molecule has 0 atom stereocenters. The van der Waals surface area contributed by atoms with E-state index < -0.39 is 0 Å². The molecule has 5 nitrogen and oxygen atoms in total. The summed E-state index contributed by atoms with van der Waals surface area (Å²) < 4.78 is 5.09. The highest BCUT2D eigenvalue weighted by atomic mass is 16.5. The normalized spacial score (nSPS) is 11.3. The highest BCUT2D eigenvalue weighted by molar-refractivity contribution is 5.82. The lowest BCUT2D eigenvalue weighted by Gasteiger charge is -2.19. The topological polar surface area (TPSA) is 62.7 Å². The summed E-state index contributed by atoms with van der Waals surface area (Å²) in [6, 6.07) is 7.07. The SMILES string of the molecule is COc1cccc(/C=N/NC(=O)NC(C)(C)C)c1. The molecule has 2 N–H and O–H groups in total. The van der Waals surface area contributed by atoms with E-state index in [9.17, 15) is 4.79 Å². The number of carbonyl (C=O) groups is 1. The maximum Gasteiger partial charge on any atom is 0.335 e. The van der Waals surface area contributed by atoms with Crippen LogP contribution in [0.4, 0.5) is 4.79 Å². The number of ether oxygens (including phenoxy) is 1. The monoisotopic (exact) mass is 249 g/mol. The standard InChI is InChI=1S/C13H19N3O2/c1-13(2,3)15-12(17)16-14-9-10-6-5-7-11(8-10)18-4/h5-9H,1-4H3,(H2,15,16,17)/b14-9+. The van der Waals surface area contributed by atoms with Crippen molar-refractivity contribution in [1.82, 2.24) is 10.7 Å². The van der Waals surface area contributed by atoms with Crippen molar-refractivity contribution in [3.8, 4) is 5.75 Å². The van der Waals surface area contributed by atoms with Gasteiger partial charge in [0, 0.05) is 5.54 Å². The second kappa shape index (κ2) is 6.05. The third-order valence-corrected chi connectivity index (χ3v) is 1.96. The molecule has 0 bridgehead atoms. The molecule has 18 heavy (non-hydrogen) atoms. The Kier molecular flexibility index (Phi) is 4.71. The predicted molar refractivity (Wildman–Crippen MR) is 72.0 cm³/mol. The highest BCUT2D eigenvalue weighted by Gasteiger charge is 2.12. The van der Waals surface area contributed by atoms with Gasteiger partial charge in [0.15, 0.2) is 0 Å². The van der Waals surface area contributed by atoms with E-state index in [0.717, 1.165) is 11.3 Å². The summed E-state index contributed by atoms with van der Waals surface area (Å²) in [6.07, 6.45) is 1.56. The van der Waals surface area contributed by atoms with Crippen LogP contribution in [0.15, 0.2) is 29.4 Å². The molecule has 1 aromatic rings. The number of hydrazone groups is 1. The average Bonchev–Trinajstić information content (AvgIpc) is 2.27. The van der Waals surface area contributed by atoms with Gasteiger partial charge in [-0.1, -0.05) is 12.1 Å². The fourth-order valence-electron chi connectivity index (χ4n) is 1.26. The summed E-state index contributed by atoms with van der Waals surface area (Å²) in [5.74, 6) is 0.748. The van der Waals surface area contributed by atoms with Crippen LogP contribution in [0.5, 0.6) is 5.75 Å². The third-order valence-electron chi connectivity index (χ3n) is 1.96. The Labute approximate surface area is 107 Å². The number of rotatable bonds is 3. The lowest BCUT2D eigenvalue weighted by molar-refractivity contribution is 0.232. The van der Waals surface area contributed by atoms with Crippen molar-refractivity contribution < 1.29 is 9.53 Å². The number of nitrogens with one attached hydrogen (secondary N) is 2. The molecule has 0 radical (unpaired) electrons. The van der Waals surface area contributed by atoms with Gasteiger partial charge in [-0.05, 0) is 38.5 Å². The summed E-state index contributed by atoms with van der Waals surface area (Å²) in [7, 11) is 1.60. The zero-order chi connectivity index (χ0) is 13.6. The molecule has 0 aromatic heterocycles. The zero-order valence-corrected chi connectivity index (χ0v) is 11.2. The molecule has 98 valence electrons. The van der Waals surface area contributed by atoms with Crippen molar-refractivity contribution in [3.05, 3.63) is 29.8 Å². The van der Waals surface area contributed by atoms with E-state index in [0.29, 0.717) is 0 Å². The molecule has 0 saturated heterocycles. The Balaban J connectivity index is 2.52. The predicted octanol–water partition coefficient (Wildman–Crippen LogP) is 2.13. The number of urea groups is 1. The minimum Gasteiger partial charge on any atom is -0.497 e. The van der Waals surface area contributed by atoms with Crippen molar-refractivity contribution in [2.24, 2.45) is 5.10 Å². The van der Waals surface area contributed by atoms with Crippen LogP contribution in [-0.4, -0.2) is 24.9 Å². The third kappa shape index (κ3) is 5.34. The van der Waals surface area contributed by atoms with Crippen molar-refractivity contribution in [1.29, 1.82) is 0 Å². The number of methoxy groups -OCH3 is 1. The first-order valence-corrected chi connectivity index (χ1v) is 5.66. The molecule has 1 rings (SSSR count). The smallest absolute Gasteiger partial charge is 0.335 e. The molecule has 0 heterocycles. The fourth-order valence-corrected chi connectivity index (χ4v) is 1.26. The Morgan fingerprint density at radius 1 is 1.39 bits per heavy atom. The van der Waals surface area contributed by atoms with E-state index in [4.69, 9.17) is 4.74 Å². The quantitative estimate of drug-likeness (QED) is 0.636. The molecule has 0 saturated carbocycles. The maximum atomic E-state index is 11.4. The molecular formula is C13H19N3O2. The fraction of sp³-hybridized carbons (Fsp3) is 0.385. The van der Waals surface area contributed by atoms with Crippen molar-refractivity contribution in [2.75, 3.05) is 7.11 Å². The maximum absolute atomic E-state index is 11.4. The van der Waals surface area contributed by atoms with E-state index in [1.807, 2.05) is 45.0 Å². The van der Waals surface area contributed by atoms with E-state index >= 15 is 0 Å². The molecule has 0 unspecified atom stereocenters. The van der Waals surface area contributed by atoms with Gasteiger partial charge in [0.2, 0.25) is 0 Å². The Morgan fingerprint density at radius 3 is 2.72 bits per heavy atom. The van der Waals surface area contributed by atoms with Crippen LogP contribution in [0.2, 0.25) is 0 Å². The van der Waals surface area contributed by atoms with Crippen molar-refractivity contribution in [2.45, 2.75) is 26.3 Å². The Morgan fingerprint density at radius 2 is 2.11 bits per heavy atom. The molecule has 1 aromatic carbocycles. The minimum absolute atomic E-state index is 0.282. The molecule has 2 amide bonds. The first kappa shape index (κ1) is 14.0. The Bertz CT molecular complexity index is 436. The number of hydrogen-bond acceptors (Lipinski definition) is 3. The second-order valence-corrected chi connectivity index (χ2v) is 4.85. The first-order chi connectivity index (χ1) is 8.40. The van der Waals surface area contributed by atoms with Crippen LogP contribution in [0.3, 0.4) is 0 Å².